The van der Waals surface area contributed by atoms with Crippen molar-refractivity contribution in [3.05, 3.63) is 27.7 Å². The highest BCUT2D eigenvalue weighted by molar-refractivity contribution is 6.35. The molecule has 1 fully saturated rings. The minimum absolute atomic E-state index is 0.142. The molecule has 1 aromatic carbocycles. The van der Waals surface area contributed by atoms with E-state index >= 15 is 0 Å². The van der Waals surface area contributed by atoms with E-state index in [0.717, 1.165) is 31.5 Å². The zero-order valence-electron chi connectivity index (χ0n) is 13.2. The lowest BCUT2D eigenvalue weighted by atomic mass is 10.0. The molecule has 0 radical (unpaired) electrons. The number of ether oxygens (including phenoxy) is 1. The van der Waals surface area contributed by atoms with Crippen LogP contribution >= 0.6 is 23.2 Å². The molecule has 22 heavy (non-hydrogen) atoms. The Balaban J connectivity index is 2.17. The third kappa shape index (κ3) is 4.49. The van der Waals surface area contributed by atoms with Gasteiger partial charge < -0.3 is 14.7 Å². The maximum atomic E-state index is 9.40. The molecule has 0 aromatic heterocycles. The van der Waals surface area contributed by atoms with Crippen LogP contribution in [0.3, 0.4) is 0 Å². The lowest BCUT2D eigenvalue weighted by Crippen LogP contribution is -2.44. The van der Waals surface area contributed by atoms with Gasteiger partial charge in [-0.15, -0.1) is 0 Å². The fraction of sp³-hybridized carbons (Fsp3) is 0.625. The zero-order valence-corrected chi connectivity index (χ0v) is 14.7. The molecule has 1 saturated heterocycles. The summed E-state index contributed by atoms with van der Waals surface area (Å²) in [6, 6.07) is 4.05. The van der Waals surface area contributed by atoms with Gasteiger partial charge in [0.2, 0.25) is 0 Å². The Labute approximate surface area is 142 Å². The predicted molar refractivity (Wildman–Crippen MR) is 91.0 cm³/mol. The van der Waals surface area contributed by atoms with Crippen LogP contribution in [0.5, 0.6) is 5.75 Å². The maximum Gasteiger partial charge on any atom is 0.142 e. The van der Waals surface area contributed by atoms with E-state index in [2.05, 4.69) is 16.8 Å². The van der Waals surface area contributed by atoms with Crippen molar-refractivity contribution < 1.29 is 9.84 Å². The van der Waals surface area contributed by atoms with Crippen molar-refractivity contribution in [3.8, 4) is 5.75 Å². The molecule has 0 unspecified atom stereocenters. The number of hydrogen-bond donors (Lipinski definition) is 1. The molecule has 2 rings (SSSR count). The molecule has 0 amide bonds. The summed E-state index contributed by atoms with van der Waals surface area (Å²) in [4.78, 5) is 4.64. The van der Waals surface area contributed by atoms with Gasteiger partial charge in [-0.3, -0.25) is 4.90 Å². The molecule has 1 aliphatic rings. The van der Waals surface area contributed by atoms with Crippen LogP contribution in [0.25, 0.3) is 0 Å². The first-order valence-corrected chi connectivity index (χ1v) is 8.36. The lowest BCUT2D eigenvalue weighted by Gasteiger charge is -2.37. The predicted octanol–water partition coefficient (Wildman–Crippen LogP) is 2.89. The number of aliphatic hydroxyl groups is 1. The smallest absolute Gasteiger partial charge is 0.142 e. The molecule has 4 nitrogen and oxygen atoms in total. The fourth-order valence-corrected chi connectivity index (χ4v) is 3.67. The van der Waals surface area contributed by atoms with Crippen molar-refractivity contribution in [1.82, 2.24) is 9.80 Å². The summed E-state index contributed by atoms with van der Waals surface area (Å²) in [5, 5.41) is 10.5. The fourth-order valence-electron chi connectivity index (χ4n) is 3.06. The summed E-state index contributed by atoms with van der Waals surface area (Å²) in [5.41, 5.74) is 0.965. The number of aliphatic hydroxyl groups excluding tert-OH is 1. The SMILES string of the molecule is COc1c(Cl)cc(Cl)cc1CN(CCO)C1CCN(C)CC1. The third-order valence-corrected chi connectivity index (χ3v) is 4.75. The van der Waals surface area contributed by atoms with Gasteiger partial charge >= 0.3 is 0 Å². The molecule has 0 saturated carbocycles. The largest absolute Gasteiger partial charge is 0.495 e. The first-order valence-electron chi connectivity index (χ1n) is 7.60. The summed E-state index contributed by atoms with van der Waals surface area (Å²) >= 11 is 12.3. The van der Waals surface area contributed by atoms with Crippen LogP contribution in [0.1, 0.15) is 18.4 Å². The van der Waals surface area contributed by atoms with E-state index in [0.29, 0.717) is 34.9 Å². The molecule has 124 valence electrons. The summed E-state index contributed by atoms with van der Waals surface area (Å²) in [7, 11) is 3.76. The Morgan fingerprint density at radius 1 is 1.32 bits per heavy atom. The van der Waals surface area contributed by atoms with Gasteiger partial charge in [0.05, 0.1) is 18.7 Å². The second-order valence-corrected chi connectivity index (χ2v) is 6.65. The number of methoxy groups -OCH3 is 1. The Bertz CT molecular complexity index is 491. The number of piperidine rings is 1. The summed E-state index contributed by atoms with van der Waals surface area (Å²) < 4.78 is 5.43. The van der Waals surface area contributed by atoms with Crippen molar-refractivity contribution in [2.45, 2.75) is 25.4 Å². The van der Waals surface area contributed by atoms with E-state index in [1.807, 2.05) is 6.07 Å². The number of benzene rings is 1. The number of halogens is 2. The highest BCUT2D eigenvalue weighted by Gasteiger charge is 2.24. The van der Waals surface area contributed by atoms with Crippen LogP contribution in [-0.2, 0) is 6.54 Å². The number of hydrogen-bond acceptors (Lipinski definition) is 4. The summed E-state index contributed by atoms with van der Waals surface area (Å²) in [6.45, 7) is 3.63. The van der Waals surface area contributed by atoms with E-state index in [-0.39, 0.29) is 6.61 Å². The number of likely N-dealkylation sites (tertiary alicyclic amines) is 1. The summed E-state index contributed by atoms with van der Waals surface area (Å²) in [6.07, 6.45) is 2.21. The Morgan fingerprint density at radius 2 is 2.00 bits per heavy atom. The Hall–Kier alpha value is -0.520. The van der Waals surface area contributed by atoms with Gasteiger partial charge in [-0.1, -0.05) is 23.2 Å². The zero-order chi connectivity index (χ0) is 16.1. The average Bonchev–Trinajstić information content (AvgIpc) is 2.47. The van der Waals surface area contributed by atoms with E-state index in [1.54, 1.807) is 13.2 Å². The first kappa shape index (κ1) is 17.8. The van der Waals surface area contributed by atoms with Crippen LogP contribution in [0, 0.1) is 0 Å². The van der Waals surface area contributed by atoms with Crippen molar-refractivity contribution in [1.29, 1.82) is 0 Å². The van der Waals surface area contributed by atoms with Crippen LogP contribution < -0.4 is 4.74 Å². The molecule has 1 N–H and O–H groups in total. The Kier molecular flexibility index (Phi) is 6.78. The highest BCUT2D eigenvalue weighted by atomic mass is 35.5. The molecule has 0 aliphatic carbocycles. The summed E-state index contributed by atoms with van der Waals surface area (Å²) in [5.74, 6) is 0.668. The van der Waals surface area contributed by atoms with E-state index in [4.69, 9.17) is 27.9 Å². The standard InChI is InChI=1S/C16H24Cl2N2O2/c1-19-5-3-14(4-6-19)20(7-8-21)11-12-9-13(17)10-15(18)16(12)22-2/h9-10,14,21H,3-8,11H2,1-2H3. The van der Waals surface area contributed by atoms with Gasteiger partial charge in [-0.05, 0) is 45.1 Å². The van der Waals surface area contributed by atoms with E-state index in [1.165, 1.54) is 0 Å². The van der Waals surface area contributed by atoms with Crippen LogP contribution in [0.4, 0.5) is 0 Å². The average molecular weight is 347 g/mol. The second-order valence-electron chi connectivity index (χ2n) is 5.81. The minimum atomic E-state index is 0.142. The van der Waals surface area contributed by atoms with Crippen LogP contribution in [0.2, 0.25) is 10.0 Å². The van der Waals surface area contributed by atoms with Crippen molar-refractivity contribution in [2.24, 2.45) is 0 Å². The van der Waals surface area contributed by atoms with Crippen molar-refractivity contribution in [2.75, 3.05) is 40.4 Å². The molecule has 6 heteroatoms. The van der Waals surface area contributed by atoms with Crippen LogP contribution in [-0.4, -0.2) is 61.3 Å². The Morgan fingerprint density at radius 3 is 2.59 bits per heavy atom. The molecule has 0 atom stereocenters. The van der Waals surface area contributed by atoms with E-state index < -0.39 is 0 Å². The molecule has 0 spiro atoms. The van der Waals surface area contributed by atoms with Gasteiger partial charge in [0.25, 0.3) is 0 Å². The topological polar surface area (TPSA) is 35.9 Å². The molecule has 0 bridgehead atoms. The van der Waals surface area contributed by atoms with Gasteiger partial charge in [0.1, 0.15) is 5.75 Å². The van der Waals surface area contributed by atoms with Gasteiger partial charge in [-0.25, -0.2) is 0 Å². The molecule has 1 heterocycles. The third-order valence-electron chi connectivity index (χ3n) is 4.25. The number of rotatable bonds is 6. The number of nitrogens with zero attached hydrogens (tertiary/aromatic N) is 2. The molecular weight excluding hydrogens is 323 g/mol. The normalized spacial score (nSPS) is 17.2. The van der Waals surface area contributed by atoms with Gasteiger partial charge in [0, 0.05) is 29.7 Å². The second kappa shape index (κ2) is 8.37. The maximum absolute atomic E-state index is 9.40. The quantitative estimate of drug-likeness (QED) is 0.859. The van der Waals surface area contributed by atoms with Crippen molar-refractivity contribution in [3.63, 3.8) is 0 Å². The van der Waals surface area contributed by atoms with Gasteiger partial charge in [-0.2, -0.15) is 0 Å². The molecule has 1 aliphatic heterocycles. The van der Waals surface area contributed by atoms with Crippen LogP contribution in [0.15, 0.2) is 12.1 Å². The monoisotopic (exact) mass is 346 g/mol. The van der Waals surface area contributed by atoms with Gasteiger partial charge in [0.15, 0.2) is 0 Å². The lowest BCUT2D eigenvalue weighted by molar-refractivity contribution is 0.0934. The van der Waals surface area contributed by atoms with E-state index in [9.17, 15) is 5.11 Å². The molecular formula is C16H24Cl2N2O2. The molecule has 1 aromatic rings. The highest BCUT2D eigenvalue weighted by Crippen LogP contribution is 2.33. The minimum Gasteiger partial charge on any atom is -0.495 e. The first-order chi connectivity index (χ1) is 10.5. The van der Waals surface area contributed by atoms with Crippen molar-refractivity contribution >= 4 is 23.2 Å².